The lowest BCUT2D eigenvalue weighted by atomic mass is 9.89. The molecule has 3 aromatic rings. The molecule has 0 aromatic heterocycles. The third kappa shape index (κ3) is 6.28. The van der Waals surface area contributed by atoms with Crippen LogP contribution in [0.2, 0.25) is 0 Å². The molecule has 2 amide bonds. The van der Waals surface area contributed by atoms with Gasteiger partial charge in [0.1, 0.15) is 12.7 Å². The molecule has 1 heterocycles. The molecule has 0 spiro atoms. The summed E-state index contributed by atoms with van der Waals surface area (Å²) >= 11 is 0. The van der Waals surface area contributed by atoms with Gasteiger partial charge in [0.25, 0.3) is 5.91 Å². The minimum atomic E-state index is -0.838. The lowest BCUT2D eigenvalue weighted by Gasteiger charge is -2.36. The fourth-order valence-corrected chi connectivity index (χ4v) is 5.48. The number of allylic oxidation sites excluding steroid dienone is 1. The van der Waals surface area contributed by atoms with Gasteiger partial charge in [-0.1, -0.05) is 60.7 Å². The molecule has 0 unspecified atom stereocenters. The van der Waals surface area contributed by atoms with Gasteiger partial charge in [-0.05, 0) is 68.7 Å². The van der Waals surface area contributed by atoms with Gasteiger partial charge in [0.15, 0.2) is 0 Å². The number of esters is 2. The van der Waals surface area contributed by atoms with Gasteiger partial charge in [-0.25, -0.2) is 4.79 Å². The molecule has 42 heavy (non-hydrogen) atoms. The SMILES string of the molecule is CC1(C)[C@@H](OC(=O)[C@H]2CCC=C[C@H]2NC(=O)c2ccccc2)CC(=O)N1c1ccc(C(=O)OCc2ccccc2)cc1. The lowest BCUT2D eigenvalue weighted by molar-refractivity contribution is -0.157. The number of carbonyl (C=O) groups is 4. The number of nitrogens with zero attached hydrogens (tertiary/aromatic N) is 1. The van der Waals surface area contributed by atoms with E-state index in [0.717, 1.165) is 5.56 Å². The van der Waals surface area contributed by atoms with Crippen molar-refractivity contribution < 1.29 is 28.7 Å². The van der Waals surface area contributed by atoms with Gasteiger partial charge < -0.3 is 19.7 Å². The number of anilines is 1. The van der Waals surface area contributed by atoms with Crippen LogP contribution in [0, 0.1) is 5.92 Å². The predicted molar refractivity (Wildman–Crippen MR) is 158 cm³/mol. The fraction of sp³-hybridized carbons (Fsp3) is 0.294. The maximum Gasteiger partial charge on any atom is 0.338 e. The Bertz CT molecular complexity index is 1470. The summed E-state index contributed by atoms with van der Waals surface area (Å²) in [5.41, 5.74) is 1.53. The normalized spacial score (nSPS) is 21.0. The molecule has 216 valence electrons. The zero-order valence-electron chi connectivity index (χ0n) is 23.7. The van der Waals surface area contributed by atoms with Crippen molar-refractivity contribution in [3.63, 3.8) is 0 Å². The summed E-state index contributed by atoms with van der Waals surface area (Å²) in [5.74, 6) is -1.92. The molecule has 0 bridgehead atoms. The second-order valence-corrected chi connectivity index (χ2v) is 11.1. The molecule has 5 rings (SSSR count). The summed E-state index contributed by atoms with van der Waals surface area (Å²) in [6.07, 6.45) is 4.34. The van der Waals surface area contributed by atoms with E-state index in [0.29, 0.717) is 29.7 Å². The highest BCUT2D eigenvalue weighted by Gasteiger charge is 2.50. The van der Waals surface area contributed by atoms with Crippen LogP contribution in [0.3, 0.4) is 0 Å². The van der Waals surface area contributed by atoms with E-state index in [9.17, 15) is 19.2 Å². The average Bonchev–Trinajstić information content (AvgIpc) is 3.23. The highest BCUT2D eigenvalue weighted by molar-refractivity contribution is 5.99. The smallest absolute Gasteiger partial charge is 0.338 e. The molecule has 0 saturated carbocycles. The molecule has 8 heteroatoms. The maximum absolute atomic E-state index is 13.4. The van der Waals surface area contributed by atoms with E-state index in [2.05, 4.69) is 5.32 Å². The Morgan fingerprint density at radius 3 is 2.26 bits per heavy atom. The largest absolute Gasteiger partial charge is 0.459 e. The molecule has 3 aromatic carbocycles. The van der Waals surface area contributed by atoms with Gasteiger partial charge in [-0.2, -0.15) is 0 Å². The second kappa shape index (κ2) is 12.4. The van der Waals surface area contributed by atoms with Gasteiger partial charge >= 0.3 is 11.9 Å². The van der Waals surface area contributed by atoms with Crippen LogP contribution < -0.4 is 10.2 Å². The summed E-state index contributed by atoms with van der Waals surface area (Å²) in [4.78, 5) is 53.5. The van der Waals surface area contributed by atoms with E-state index in [1.54, 1.807) is 53.4 Å². The van der Waals surface area contributed by atoms with Crippen LogP contribution in [-0.2, 0) is 25.7 Å². The van der Waals surface area contributed by atoms with Gasteiger partial charge in [0.05, 0.1) is 29.5 Å². The van der Waals surface area contributed by atoms with Crippen molar-refractivity contribution in [1.82, 2.24) is 5.32 Å². The molecule has 8 nitrogen and oxygen atoms in total. The number of benzene rings is 3. The number of ether oxygens (including phenoxy) is 2. The van der Waals surface area contributed by atoms with E-state index in [4.69, 9.17) is 9.47 Å². The molecule has 1 N–H and O–H groups in total. The lowest BCUT2D eigenvalue weighted by Crippen LogP contribution is -2.50. The van der Waals surface area contributed by atoms with Crippen molar-refractivity contribution in [3.05, 3.63) is 114 Å². The molecule has 2 aliphatic rings. The van der Waals surface area contributed by atoms with E-state index in [1.165, 1.54) is 0 Å². The molecule has 0 radical (unpaired) electrons. The highest BCUT2D eigenvalue weighted by Crippen LogP contribution is 2.38. The average molecular weight is 567 g/mol. The van der Waals surface area contributed by atoms with Gasteiger partial charge in [0.2, 0.25) is 5.91 Å². The van der Waals surface area contributed by atoms with Gasteiger partial charge in [0, 0.05) is 11.3 Å². The quantitative estimate of drug-likeness (QED) is 0.296. The van der Waals surface area contributed by atoms with Crippen LogP contribution in [0.5, 0.6) is 0 Å². The Kier molecular flexibility index (Phi) is 8.52. The molecular formula is C34H34N2O6. The van der Waals surface area contributed by atoms with Gasteiger partial charge in [-0.3, -0.25) is 14.4 Å². The fourth-order valence-electron chi connectivity index (χ4n) is 5.48. The van der Waals surface area contributed by atoms with Crippen molar-refractivity contribution in [1.29, 1.82) is 0 Å². The molecule has 1 aliphatic carbocycles. The van der Waals surface area contributed by atoms with Gasteiger partial charge in [-0.15, -0.1) is 0 Å². The minimum Gasteiger partial charge on any atom is -0.459 e. The monoisotopic (exact) mass is 566 g/mol. The number of amides is 2. The molecule has 3 atom stereocenters. The first kappa shape index (κ1) is 28.8. The third-order valence-corrected chi connectivity index (χ3v) is 7.86. The van der Waals surface area contributed by atoms with Crippen LogP contribution in [0.1, 0.15) is 59.4 Å². The number of hydrogen-bond donors (Lipinski definition) is 1. The third-order valence-electron chi connectivity index (χ3n) is 7.86. The number of carbonyl (C=O) groups excluding carboxylic acids is 4. The van der Waals surface area contributed by atoms with E-state index in [1.807, 2.05) is 62.4 Å². The van der Waals surface area contributed by atoms with Crippen LogP contribution in [-0.4, -0.2) is 41.4 Å². The summed E-state index contributed by atoms with van der Waals surface area (Å²) in [5, 5.41) is 2.95. The van der Waals surface area contributed by atoms with Crippen molar-refractivity contribution in [2.45, 2.75) is 57.4 Å². The Morgan fingerprint density at radius 1 is 0.905 bits per heavy atom. The van der Waals surface area contributed by atoms with E-state index in [-0.39, 0.29) is 24.8 Å². The minimum absolute atomic E-state index is 0.0310. The summed E-state index contributed by atoms with van der Waals surface area (Å²) < 4.78 is 11.4. The molecule has 1 saturated heterocycles. The Morgan fingerprint density at radius 2 is 1.57 bits per heavy atom. The summed E-state index contributed by atoms with van der Waals surface area (Å²) in [7, 11) is 0. The first-order valence-corrected chi connectivity index (χ1v) is 14.1. The topological polar surface area (TPSA) is 102 Å². The molecule has 1 aliphatic heterocycles. The van der Waals surface area contributed by atoms with Crippen LogP contribution in [0.4, 0.5) is 5.69 Å². The second-order valence-electron chi connectivity index (χ2n) is 11.1. The van der Waals surface area contributed by atoms with E-state index >= 15 is 0 Å². The van der Waals surface area contributed by atoms with Crippen LogP contribution in [0.25, 0.3) is 0 Å². The van der Waals surface area contributed by atoms with Crippen LogP contribution >= 0.6 is 0 Å². The zero-order valence-corrected chi connectivity index (χ0v) is 23.7. The Hall–Kier alpha value is -4.72. The zero-order chi connectivity index (χ0) is 29.7. The number of hydrogen-bond acceptors (Lipinski definition) is 6. The first-order valence-electron chi connectivity index (χ1n) is 14.1. The van der Waals surface area contributed by atoms with Crippen LogP contribution in [0.15, 0.2) is 97.1 Å². The van der Waals surface area contributed by atoms with Crippen molar-refractivity contribution in [3.8, 4) is 0 Å². The van der Waals surface area contributed by atoms with Crippen molar-refractivity contribution in [2.24, 2.45) is 5.92 Å². The summed E-state index contributed by atoms with van der Waals surface area (Å²) in [6, 6.07) is 24.4. The number of rotatable bonds is 8. The summed E-state index contributed by atoms with van der Waals surface area (Å²) in [6.45, 7) is 3.88. The standard InChI is InChI=1S/C34H34N2O6/c1-34(2)29(42-33(40)27-15-9-10-16-28(27)35-31(38)24-13-7-4-8-14-24)21-30(37)36(34)26-19-17-25(18-20-26)32(39)41-22-23-11-5-3-6-12-23/h3-8,10-14,16-20,27-29H,9,15,21-22H2,1-2H3,(H,35,38)/t27-,28+,29-/m0/s1. The molecular weight excluding hydrogens is 532 g/mol. The maximum atomic E-state index is 13.4. The molecule has 1 fully saturated rings. The number of nitrogens with one attached hydrogen (secondary N) is 1. The first-order chi connectivity index (χ1) is 20.2. The van der Waals surface area contributed by atoms with E-state index < -0.39 is 35.5 Å². The predicted octanol–water partition coefficient (Wildman–Crippen LogP) is 5.24. The Labute approximate surface area is 245 Å². The van der Waals surface area contributed by atoms with Crippen molar-refractivity contribution in [2.75, 3.05) is 4.90 Å². The highest BCUT2D eigenvalue weighted by atomic mass is 16.5. The Balaban J connectivity index is 1.23. The van der Waals surface area contributed by atoms with Crippen molar-refractivity contribution >= 4 is 29.4 Å².